The number of nitrogens with one attached hydrogen (secondary N) is 1. The fraction of sp³-hybridized carbons (Fsp3) is 0.133. The third-order valence-electron chi connectivity index (χ3n) is 3.33. The van der Waals surface area contributed by atoms with Gasteiger partial charge in [0, 0.05) is 23.4 Å². The Morgan fingerprint density at radius 3 is 2.76 bits per heavy atom. The van der Waals surface area contributed by atoms with Crippen molar-refractivity contribution in [3.8, 4) is 11.5 Å². The fourth-order valence-corrected chi connectivity index (χ4v) is 2.30. The summed E-state index contributed by atoms with van der Waals surface area (Å²) in [5, 5.41) is 3.15. The Balaban J connectivity index is 1.90. The van der Waals surface area contributed by atoms with Crippen molar-refractivity contribution in [3.05, 3.63) is 46.5 Å². The van der Waals surface area contributed by atoms with Gasteiger partial charge in [0.15, 0.2) is 11.5 Å². The Morgan fingerprint density at radius 2 is 2.00 bits per heavy atom. The molecule has 0 atom stereocenters. The van der Waals surface area contributed by atoms with Crippen LogP contribution in [0.15, 0.2) is 30.3 Å². The van der Waals surface area contributed by atoms with Crippen LogP contribution >= 0.6 is 11.6 Å². The maximum Gasteiger partial charge on any atom is 0.256 e. The summed E-state index contributed by atoms with van der Waals surface area (Å²) in [5.74, 6) is 0.845. The molecule has 1 amide bonds. The maximum atomic E-state index is 12.3. The van der Waals surface area contributed by atoms with E-state index in [1.165, 1.54) is 0 Å². The molecule has 108 valence electrons. The number of carbonyl (C=O) groups is 1. The van der Waals surface area contributed by atoms with E-state index in [-0.39, 0.29) is 12.7 Å². The number of benzene rings is 2. The van der Waals surface area contributed by atoms with Gasteiger partial charge in [-0.1, -0.05) is 17.7 Å². The zero-order valence-corrected chi connectivity index (χ0v) is 12.0. The molecule has 6 heteroatoms. The number of fused-ring (bicyclic) bond motifs is 1. The van der Waals surface area contributed by atoms with Gasteiger partial charge in [0.2, 0.25) is 6.79 Å². The molecule has 0 aromatic heterocycles. The lowest BCUT2D eigenvalue weighted by molar-refractivity contribution is 0.102. The second kappa shape index (κ2) is 5.18. The topological polar surface area (TPSA) is 73.6 Å². The van der Waals surface area contributed by atoms with Crippen molar-refractivity contribution >= 4 is 28.9 Å². The minimum Gasteiger partial charge on any atom is -0.454 e. The number of anilines is 2. The molecule has 0 saturated heterocycles. The highest BCUT2D eigenvalue weighted by atomic mass is 35.5. The highest BCUT2D eigenvalue weighted by molar-refractivity contribution is 6.34. The first-order valence-corrected chi connectivity index (χ1v) is 6.69. The average molecular weight is 305 g/mol. The third-order valence-corrected chi connectivity index (χ3v) is 3.64. The molecule has 0 radical (unpaired) electrons. The summed E-state index contributed by atoms with van der Waals surface area (Å²) in [6.45, 7) is 1.95. The molecule has 0 saturated carbocycles. The molecule has 1 aliphatic heterocycles. The molecule has 3 N–H and O–H groups in total. The molecule has 0 bridgehead atoms. The molecular weight excluding hydrogens is 292 g/mol. The van der Waals surface area contributed by atoms with Crippen LogP contribution in [0.5, 0.6) is 11.5 Å². The molecule has 1 heterocycles. The molecule has 0 unspecified atom stereocenters. The highest BCUT2D eigenvalue weighted by Gasteiger charge is 2.18. The lowest BCUT2D eigenvalue weighted by Crippen LogP contribution is -2.14. The van der Waals surface area contributed by atoms with Gasteiger partial charge in [-0.15, -0.1) is 0 Å². The van der Waals surface area contributed by atoms with Gasteiger partial charge in [0.1, 0.15) is 0 Å². The van der Waals surface area contributed by atoms with Crippen LogP contribution in [0.3, 0.4) is 0 Å². The quantitative estimate of drug-likeness (QED) is 0.836. The zero-order valence-electron chi connectivity index (χ0n) is 11.3. The summed E-state index contributed by atoms with van der Waals surface area (Å²) < 4.78 is 10.5. The first-order valence-electron chi connectivity index (χ1n) is 6.32. The Morgan fingerprint density at radius 1 is 1.29 bits per heavy atom. The van der Waals surface area contributed by atoms with Gasteiger partial charge in [0.25, 0.3) is 5.91 Å². The number of rotatable bonds is 2. The summed E-state index contributed by atoms with van der Waals surface area (Å²) in [4.78, 5) is 12.3. The predicted molar refractivity (Wildman–Crippen MR) is 81.1 cm³/mol. The van der Waals surface area contributed by atoms with Crippen LogP contribution in [0.25, 0.3) is 0 Å². The molecular formula is C15H13ClN2O3. The van der Waals surface area contributed by atoms with Crippen LogP contribution < -0.4 is 20.5 Å². The van der Waals surface area contributed by atoms with Gasteiger partial charge in [-0.25, -0.2) is 0 Å². The van der Waals surface area contributed by atoms with Crippen molar-refractivity contribution in [2.24, 2.45) is 0 Å². The second-order valence-electron chi connectivity index (χ2n) is 4.66. The van der Waals surface area contributed by atoms with E-state index >= 15 is 0 Å². The molecule has 21 heavy (non-hydrogen) atoms. The monoisotopic (exact) mass is 304 g/mol. The molecule has 0 spiro atoms. The second-order valence-corrected chi connectivity index (χ2v) is 5.07. The molecule has 0 aliphatic carbocycles. The van der Waals surface area contributed by atoms with Gasteiger partial charge in [0.05, 0.1) is 10.7 Å². The Bertz CT molecular complexity index is 731. The Labute approximate surface area is 126 Å². The van der Waals surface area contributed by atoms with Crippen LogP contribution in [0, 0.1) is 6.92 Å². The summed E-state index contributed by atoms with van der Waals surface area (Å²) in [6, 6.07) is 8.45. The highest BCUT2D eigenvalue weighted by Crippen LogP contribution is 2.39. The van der Waals surface area contributed by atoms with Crippen molar-refractivity contribution in [2.75, 3.05) is 17.8 Å². The van der Waals surface area contributed by atoms with E-state index in [9.17, 15) is 4.79 Å². The van der Waals surface area contributed by atoms with E-state index in [0.717, 1.165) is 5.56 Å². The molecule has 5 nitrogen and oxygen atoms in total. The molecule has 1 aliphatic rings. The van der Waals surface area contributed by atoms with Gasteiger partial charge >= 0.3 is 0 Å². The van der Waals surface area contributed by atoms with E-state index in [1.807, 2.05) is 0 Å². The van der Waals surface area contributed by atoms with Gasteiger partial charge in [-0.05, 0) is 24.6 Å². The van der Waals surface area contributed by atoms with E-state index in [0.29, 0.717) is 33.5 Å². The smallest absolute Gasteiger partial charge is 0.256 e. The van der Waals surface area contributed by atoms with Crippen molar-refractivity contribution < 1.29 is 14.3 Å². The number of hydrogen-bond acceptors (Lipinski definition) is 4. The number of nitrogen functional groups attached to an aromatic ring is 1. The molecule has 0 fully saturated rings. The Hall–Kier alpha value is -2.40. The van der Waals surface area contributed by atoms with Crippen LogP contribution in [-0.4, -0.2) is 12.7 Å². The van der Waals surface area contributed by atoms with Gasteiger partial charge in [-0.2, -0.15) is 0 Å². The van der Waals surface area contributed by atoms with Gasteiger partial charge in [-0.3, -0.25) is 4.79 Å². The normalized spacial score (nSPS) is 12.3. The fourth-order valence-electron chi connectivity index (χ4n) is 2.10. The minimum absolute atomic E-state index is 0.150. The van der Waals surface area contributed by atoms with Crippen molar-refractivity contribution in [1.82, 2.24) is 0 Å². The summed E-state index contributed by atoms with van der Waals surface area (Å²) in [7, 11) is 0. The average Bonchev–Trinajstić information content (AvgIpc) is 2.89. The van der Waals surface area contributed by atoms with Crippen LogP contribution in [-0.2, 0) is 0 Å². The maximum absolute atomic E-state index is 12.3. The van der Waals surface area contributed by atoms with E-state index in [4.69, 9.17) is 26.8 Å². The summed E-state index contributed by atoms with van der Waals surface area (Å²) in [5.41, 5.74) is 8.08. The van der Waals surface area contributed by atoms with Crippen molar-refractivity contribution in [1.29, 1.82) is 0 Å². The number of hydrogen-bond donors (Lipinski definition) is 2. The SMILES string of the molecule is Cc1c(N)cccc1C(=O)Nc1cc2c(cc1Cl)OCO2. The third kappa shape index (κ3) is 2.48. The van der Waals surface area contributed by atoms with E-state index in [2.05, 4.69) is 5.32 Å². The number of halogens is 1. The minimum atomic E-state index is -0.277. The largest absolute Gasteiger partial charge is 0.454 e. The molecule has 2 aromatic carbocycles. The number of ether oxygens (including phenoxy) is 2. The predicted octanol–water partition coefficient (Wildman–Crippen LogP) is 3.21. The lowest BCUT2D eigenvalue weighted by atomic mass is 10.1. The standard InChI is InChI=1S/C15H13ClN2O3/c1-8-9(3-2-4-11(8)17)15(19)18-12-6-14-13(5-10(12)16)20-7-21-14/h2-6H,7,17H2,1H3,(H,18,19). The van der Waals surface area contributed by atoms with Crippen molar-refractivity contribution in [2.45, 2.75) is 6.92 Å². The summed E-state index contributed by atoms with van der Waals surface area (Å²) in [6.07, 6.45) is 0. The molecule has 3 rings (SSSR count). The first-order chi connectivity index (χ1) is 10.1. The van der Waals surface area contributed by atoms with Gasteiger partial charge < -0.3 is 20.5 Å². The van der Waals surface area contributed by atoms with Crippen LogP contribution in [0.1, 0.15) is 15.9 Å². The Kier molecular flexibility index (Phi) is 3.35. The first kappa shape index (κ1) is 13.6. The number of amides is 1. The summed E-state index contributed by atoms with van der Waals surface area (Å²) >= 11 is 6.14. The van der Waals surface area contributed by atoms with Crippen LogP contribution in [0.2, 0.25) is 5.02 Å². The number of carbonyl (C=O) groups excluding carboxylic acids is 1. The van der Waals surface area contributed by atoms with Crippen LogP contribution in [0.4, 0.5) is 11.4 Å². The van der Waals surface area contributed by atoms with E-state index in [1.54, 1.807) is 37.3 Å². The zero-order chi connectivity index (χ0) is 15.0. The molecule has 2 aromatic rings. The van der Waals surface area contributed by atoms with E-state index < -0.39 is 0 Å². The lowest BCUT2D eigenvalue weighted by Gasteiger charge is -2.11. The number of nitrogens with two attached hydrogens (primary N) is 1. The van der Waals surface area contributed by atoms with Crippen molar-refractivity contribution in [3.63, 3.8) is 0 Å².